The first-order valence-corrected chi connectivity index (χ1v) is 6.43. The molecule has 1 fully saturated rings. The Bertz CT molecular complexity index is 260. The first-order valence-electron chi connectivity index (χ1n) is 6.43. The summed E-state index contributed by atoms with van der Waals surface area (Å²) in [6.07, 6.45) is 3.94. The molecule has 0 radical (unpaired) electrons. The topological polar surface area (TPSA) is 84.2 Å². The van der Waals surface area contributed by atoms with E-state index in [-0.39, 0.29) is 23.8 Å². The van der Waals surface area contributed by atoms with Gasteiger partial charge in [-0.25, -0.2) is 0 Å². The fraction of sp³-hybridized carbons (Fsp3) is 0.833. The van der Waals surface area contributed by atoms with Crippen LogP contribution >= 0.6 is 0 Å². The van der Waals surface area contributed by atoms with E-state index < -0.39 is 0 Å². The predicted molar refractivity (Wildman–Crippen MR) is 66.2 cm³/mol. The highest BCUT2D eigenvalue weighted by molar-refractivity contribution is 5.80. The molecule has 1 saturated carbocycles. The summed E-state index contributed by atoms with van der Waals surface area (Å²) < 4.78 is 0. The number of nitrogens with one attached hydrogen (secondary N) is 2. The Balaban J connectivity index is 2.14. The van der Waals surface area contributed by atoms with Gasteiger partial charge in [-0.2, -0.15) is 0 Å². The largest absolute Gasteiger partial charge is 0.356 e. The van der Waals surface area contributed by atoms with Crippen molar-refractivity contribution in [3.05, 3.63) is 0 Å². The molecule has 0 heterocycles. The van der Waals surface area contributed by atoms with Crippen molar-refractivity contribution < 1.29 is 9.59 Å². The zero-order valence-electron chi connectivity index (χ0n) is 10.5. The van der Waals surface area contributed by atoms with Crippen molar-refractivity contribution in [1.82, 2.24) is 10.6 Å². The lowest BCUT2D eigenvalue weighted by molar-refractivity contribution is -0.126. The molecule has 0 bridgehead atoms. The average molecular weight is 241 g/mol. The van der Waals surface area contributed by atoms with Crippen LogP contribution in [0.5, 0.6) is 0 Å². The molecular weight excluding hydrogens is 218 g/mol. The summed E-state index contributed by atoms with van der Waals surface area (Å²) in [5, 5.41) is 5.51. The Morgan fingerprint density at radius 2 is 1.82 bits per heavy atom. The van der Waals surface area contributed by atoms with Crippen molar-refractivity contribution in [2.24, 2.45) is 11.7 Å². The number of carbonyl (C=O) groups excluding carboxylic acids is 2. The number of nitrogens with two attached hydrogens (primary N) is 1. The minimum absolute atomic E-state index is 0.0153. The third-order valence-electron chi connectivity index (χ3n) is 3.17. The van der Waals surface area contributed by atoms with Gasteiger partial charge < -0.3 is 16.4 Å². The lowest BCUT2D eigenvalue weighted by Crippen LogP contribution is -2.37. The summed E-state index contributed by atoms with van der Waals surface area (Å²) in [6, 6.07) is 0.259. The SMILES string of the molecule is CCNC(=O)CCNC(=O)C1CCC(N)CC1. The van der Waals surface area contributed by atoms with Gasteiger partial charge in [0.05, 0.1) is 0 Å². The molecule has 0 aromatic heterocycles. The maximum atomic E-state index is 11.8. The zero-order valence-corrected chi connectivity index (χ0v) is 10.5. The van der Waals surface area contributed by atoms with Gasteiger partial charge in [0, 0.05) is 31.5 Å². The Kier molecular flexibility index (Phi) is 5.97. The summed E-state index contributed by atoms with van der Waals surface area (Å²) >= 11 is 0. The Hall–Kier alpha value is -1.10. The van der Waals surface area contributed by atoms with E-state index in [1.807, 2.05) is 6.92 Å². The van der Waals surface area contributed by atoms with Gasteiger partial charge in [-0.3, -0.25) is 9.59 Å². The number of hydrogen-bond donors (Lipinski definition) is 3. The molecule has 0 spiro atoms. The van der Waals surface area contributed by atoms with Gasteiger partial charge in [-0.1, -0.05) is 0 Å². The number of carbonyl (C=O) groups is 2. The van der Waals surface area contributed by atoms with Crippen molar-refractivity contribution in [3.63, 3.8) is 0 Å². The molecule has 98 valence electrons. The van der Waals surface area contributed by atoms with Gasteiger partial charge in [0.25, 0.3) is 0 Å². The molecule has 0 atom stereocenters. The van der Waals surface area contributed by atoms with Crippen molar-refractivity contribution in [3.8, 4) is 0 Å². The van der Waals surface area contributed by atoms with Crippen LogP contribution in [0.15, 0.2) is 0 Å². The van der Waals surface area contributed by atoms with E-state index >= 15 is 0 Å². The second-order valence-electron chi connectivity index (χ2n) is 4.61. The standard InChI is InChI=1S/C12H23N3O2/c1-2-14-11(16)7-8-15-12(17)9-3-5-10(13)6-4-9/h9-10H,2-8,13H2,1H3,(H,14,16)(H,15,17). The first kappa shape index (κ1) is 14.0. The Morgan fingerprint density at radius 1 is 1.18 bits per heavy atom. The van der Waals surface area contributed by atoms with Crippen LogP contribution in [0, 0.1) is 5.92 Å². The van der Waals surface area contributed by atoms with Gasteiger partial charge in [0.1, 0.15) is 0 Å². The molecular formula is C12H23N3O2. The molecule has 5 nitrogen and oxygen atoms in total. The second kappa shape index (κ2) is 7.27. The highest BCUT2D eigenvalue weighted by Crippen LogP contribution is 2.22. The van der Waals surface area contributed by atoms with E-state index in [4.69, 9.17) is 5.73 Å². The molecule has 0 aromatic rings. The molecule has 0 aromatic carbocycles. The molecule has 0 aliphatic heterocycles. The fourth-order valence-electron chi connectivity index (χ4n) is 2.11. The molecule has 5 heteroatoms. The van der Waals surface area contributed by atoms with E-state index in [1.54, 1.807) is 0 Å². The molecule has 0 saturated heterocycles. The maximum absolute atomic E-state index is 11.8. The van der Waals surface area contributed by atoms with Gasteiger partial charge >= 0.3 is 0 Å². The number of hydrogen-bond acceptors (Lipinski definition) is 3. The van der Waals surface area contributed by atoms with Crippen LogP contribution in [0.4, 0.5) is 0 Å². The molecule has 1 aliphatic carbocycles. The normalized spacial score (nSPS) is 24.1. The Labute approximate surface area is 103 Å². The van der Waals surface area contributed by atoms with Crippen LogP contribution in [0.2, 0.25) is 0 Å². The predicted octanol–water partition coefficient (Wildman–Crippen LogP) is 0.146. The van der Waals surface area contributed by atoms with E-state index in [0.29, 0.717) is 19.5 Å². The number of amides is 2. The minimum atomic E-state index is -0.0153. The van der Waals surface area contributed by atoms with Gasteiger partial charge in [-0.05, 0) is 32.6 Å². The summed E-state index contributed by atoms with van der Waals surface area (Å²) in [7, 11) is 0. The van der Waals surface area contributed by atoms with Crippen LogP contribution in [0.25, 0.3) is 0 Å². The van der Waals surface area contributed by atoms with Gasteiger partial charge in [0.15, 0.2) is 0 Å². The van der Waals surface area contributed by atoms with Crippen LogP contribution in [-0.4, -0.2) is 30.9 Å². The van der Waals surface area contributed by atoms with E-state index in [0.717, 1.165) is 25.7 Å². The Morgan fingerprint density at radius 3 is 2.41 bits per heavy atom. The molecule has 2 amide bonds. The summed E-state index contributed by atoms with van der Waals surface area (Å²) in [5.41, 5.74) is 5.79. The second-order valence-corrected chi connectivity index (χ2v) is 4.61. The minimum Gasteiger partial charge on any atom is -0.356 e. The lowest BCUT2D eigenvalue weighted by atomic mass is 9.86. The monoisotopic (exact) mass is 241 g/mol. The molecule has 4 N–H and O–H groups in total. The van der Waals surface area contributed by atoms with E-state index in [9.17, 15) is 9.59 Å². The van der Waals surface area contributed by atoms with Crippen molar-refractivity contribution >= 4 is 11.8 Å². The highest BCUT2D eigenvalue weighted by atomic mass is 16.2. The van der Waals surface area contributed by atoms with E-state index in [1.165, 1.54) is 0 Å². The zero-order chi connectivity index (χ0) is 12.7. The summed E-state index contributed by atoms with van der Waals surface area (Å²) in [5.74, 6) is 0.142. The lowest BCUT2D eigenvalue weighted by Gasteiger charge is -2.25. The van der Waals surface area contributed by atoms with Crippen LogP contribution in [-0.2, 0) is 9.59 Å². The first-order chi connectivity index (χ1) is 8.13. The third kappa shape index (κ3) is 5.17. The van der Waals surface area contributed by atoms with Crippen molar-refractivity contribution in [1.29, 1.82) is 0 Å². The van der Waals surface area contributed by atoms with E-state index in [2.05, 4.69) is 10.6 Å². The molecule has 17 heavy (non-hydrogen) atoms. The third-order valence-corrected chi connectivity index (χ3v) is 3.17. The molecule has 1 aliphatic rings. The highest BCUT2D eigenvalue weighted by Gasteiger charge is 2.24. The fourth-order valence-corrected chi connectivity index (χ4v) is 2.11. The van der Waals surface area contributed by atoms with Crippen molar-refractivity contribution in [2.75, 3.05) is 13.1 Å². The number of rotatable bonds is 5. The smallest absolute Gasteiger partial charge is 0.223 e. The maximum Gasteiger partial charge on any atom is 0.223 e. The van der Waals surface area contributed by atoms with Crippen molar-refractivity contribution in [2.45, 2.75) is 45.1 Å². The van der Waals surface area contributed by atoms with Crippen LogP contribution in [0.1, 0.15) is 39.0 Å². The van der Waals surface area contributed by atoms with Gasteiger partial charge in [-0.15, -0.1) is 0 Å². The van der Waals surface area contributed by atoms with Gasteiger partial charge in [0.2, 0.25) is 11.8 Å². The quantitative estimate of drug-likeness (QED) is 0.640. The molecule has 0 unspecified atom stereocenters. The average Bonchev–Trinajstić information content (AvgIpc) is 2.30. The molecule has 1 rings (SSSR count). The summed E-state index contributed by atoms with van der Waals surface area (Å²) in [4.78, 5) is 22.9. The van der Waals surface area contributed by atoms with Crippen LogP contribution in [0.3, 0.4) is 0 Å². The summed E-state index contributed by atoms with van der Waals surface area (Å²) in [6.45, 7) is 2.93. The van der Waals surface area contributed by atoms with Crippen LogP contribution < -0.4 is 16.4 Å².